The van der Waals surface area contributed by atoms with Crippen molar-refractivity contribution in [3.8, 4) is 0 Å². The highest BCUT2D eigenvalue weighted by atomic mass is 14.2. The standard InChI is InChI=1S/C12H18.C2H6/c1-3-7-11(4-2)10-12-8-5-6-9-12;1-2/h3-4,7,12H,1-2,5-6,8-10H2;1-2H3/b11-7+;. The highest BCUT2D eigenvalue weighted by molar-refractivity contribution is 5.21. The molecule has 1 fully saturated rings. The van der Waals surface area contributed by atoms with Crippen molar-refractivity contribution in [1.29, 1.82) is 0 Å². The fraction of sp³-hybridized carbons (Fsp3) is 0.571. The largest absolute Gasteiger partial charge is 0.0991 e. The molecule has 1 aliphatic rings. The Balaban J connectivity index is 0.000000791. The molecule has 0 heterocycles. The summed E-state index contributed by atoms with van der Waals surface area (Å²) in [4.78, 5) is 0. The van der Waals surface area contributed by atoms with Crippen molar-refractivity contribution in [2.45, 2.75) is 46.0 Å². The molecule has 0 heteroatoms. The Labute approximate surface area is 89.4 Å². The average molecular weight is 192 g/mol. The van der Waals surface area contributed by atoms with Crippen LogP contribution in [-0.4, -0.2) is 0 Å². The molecule has 1 rings (SSSR count). The van der Waals surface area contributed by atoms with Gasteiger partial charge in [-0.15, -0.1) is 0 Å². The second-order valence-electron chi connectivity index (χ2n) is 3.54. The summed E-state index contributed by atoms with van der Waals surface area (Å²) in [5.74, 6) is 0.911. The van der Waals surface area contributed by atoms with E-state index < -0.39 is 0 Å². The third kappa shape index (κ3) is 5.06. The minimum atomic E-state index is 0.911. The Morgan fingerprint density at radius 3 is 2.21 bits per heavy atom. The average Bonchev–Trinajstić information content (AvgIpc) is 2.73. The van der Waals surface area contributed by atoms with E-state index in [1.54, 1.807) is 0 Å². The van der Waals surface area contributed by atoms with Gasteiger partial charge in [-0.05, 0) is 17.9 Å². The van der Waals surface area contributed by atoms with Gasteiger partial charge in [-0.1, -0.05) is 70.9 Å². The van der Waals surface area contributed by atoms with Crippen molar-refractivity contribution in [2.24, 2.45) is 5.92 Å². The highest BCUT2D eigenvalue weighted by Crippen LogP contribution is 2.30. The van der Waals surface area contributed by atoms with E-state index in [2.05, 4.69) is 19.2 Å². The number of hydrogen-bond donors (Lipinski definition) is 0. The molecule has 0 radical (unpaired) electrons. The topological polar surface area (TPSA) is 0 Å². The molecule has 0 nitrogen and oxygen atoms in total. The van der Waals surface area contributed by atoms with Crippen LogP contribution in [0.3, 0.4) is 0 Å². The third-order valence-electron chi connectivity index (χ3n) is 2.59. The Hall–Kier alpha value is -0.780. The monoisotopic (exact) mass is 192 g/mol. The lowest BCUT2D eigenvalue weighted by Gasteiger charge is -2.08. The molecular weight excluding hydrogens is 168 g/mol. The van der Waals surface area contributed by atoms with Gasteiger partial charge >= 0.3 is 0 Å². The molecule has 0 spiro atoms. The molecule has 0 aliphatic heterocycles. The van der Waals surface area contributed by atoms with E-state index >= 15 is 0 Å². The van der Waals surface area contributed by atoms with Crippen LogP contribution < -0.4 is 0 Å². The molecule has 0 aromatic heterocycles. The van der Waals surface area contributed by atoms with Crippen LogP contribution in [0.25, 0.3) is 0 Å². The first kappa shape index (κ1) is 13.2. The van der Waals surface area contributed by atoms with Crippen LogP contribution in [0.15, 0.2) is 37.0 Å². The molecular formula is C14H24. The summed E-state index contributed by atoms with van der Waals surface area (Å²) in [5.41, 5.74) is 1.34. The number of rotatable bonds is 4. The van der Waals surface area contributed by atoms with Gasteiger partial charge in [0, 0.05) is 0 Å². The molecule has 14 heavy (non-hydrogen) atoms. The predicted molar refractivity (Wildman–Crippen MR) is 66.4 cm³/mol. The fourth-order valence-corrected chi connectivity index (χ4v) is 1.92. The molecule has 0 atom stereocenters. The fourth-order valence-electron chi connectivity index (χ4n) is 1.92. The molecule has 80 valence electrons. The smallest absolute Gasteiger partial charge is 0.0251 e. The molecule has 1 saturated carbocycles. The first-order valence-corrected chi connectivity index (χ1v) is 5.81. The lowest BCUT2D eigenvalue weighted by Crippen LogP contribution is -1.93. The summed E-state index contributed by atoms with van der Waals surface area (Å²) in [5, 5.41) is 0. The molecule has 0 aromatic carbocycles. The molecule has 0 aromatic rings. The van der Waals surface area contributed by atoms with Gasteiger partial charge in [0.15, 0.2) is 0 Å². The maximum atomic E-state index is 3.81. The van der Waals surface area contributed by atoms with Gasteiger partial charge in [-0.25, -0.2) is 0 Å². The van der Waals surface area contributed by atoms with Gasteiger partial charge in [-0.2, -0.15) is 0 Å². The van der Waals surface area contributed by atoms with Crippen LogP contribution in [0.5, 0.6) is 0 Å². The van der Waals surface area contributed by atoms with E-state index in [0.717, 1.165) is 5.92 Å². The van der Waals surface area contributed by atoms with E-state index in [1.165, 1.54) is 37.7 Å². The van der Waals surface area contributed by atoms with E-state index in [0.29, 0.717) is 0 Å². The quantitative estimate of drug-likeness (QED) is 0.556. The first-order valence-electron chi connectivity index (χ1n) is 5.81. The van der Waals surface area contributed by atoms with Crippen LogP contribution in [0.4, 0.5) is 0 Å². The van der Waals surface area contributed by atoms with Crippen molar-refractivity contribution in [3.63, 3.8) is 0 Å². The van der Waals surface area contributed by atoms with E-state index in [4.69, 9.17) is 0 Å². The number of hydrogen-bond acceptors (Lipinski definition) is 0. The van der Waals surface area contributed by atoms with Crippen molar-refractivity contribution < 1.29 is 0 Å². The Morgan fingerprint density at radius 2 is 1.79 bits per heavy atom. The first-order chi connectivity index (χ1) is 6.86. The van der Waals surface area contributed by atoms with Crippen molar-refractivity contribution in [2.75, 3.05) is 0 Å². The Kier molecular flexibility index (Phi) is 8.31. The second kappa shape index (κ2) is 8.80. The van der Waals surface area contributed by atoms with E-state index in [-0.39, 0.29) is 0 Å². The van der Waals surface area contributed by atoms with Gasteiger partial charge in [-0.3, -0.25) is 0 Å². The van der Waals surface area contributed by atoms with Crippen LogP contribution in [-0.2, 0) is 0 Å². The van der Waals surface area contributed by atoms with Crippen LogP contribution in [0.1, 0.15) is 46.0 Å². The lowest BCUT2D eigenvalue weighted by atomic mass is 9.98. The molecule has 0 unspecified atom stereocenters. The molecule has 0 amide bonds. The predicted octanol–water partition coefficient (Wildman–Crippen LogP) is 4.89. The van der Waals surface area contributed by atoms with Gasteiger partial charge in [0.1, 0.15) is 0 Å². The van der Waals surface area contributed by atoms with Gasteiger partial charge in [0.2, 0.25) is 0 Å². The summed E-state index contributed by atoms with van der Waals surface area (Å²) in [6.07, 6.45) is 12.7. The minimum absolute atomic E-state index is 0.911. The zero-order chi connectivity index (χ0) is 10.8. The van der Waals surface area contributed by atoms with Crippen molar-refractivity contribution in [3.05, 3.63) is 37.0 Å². The van der Waals surface area contributed by atoms with Crippen LogP contribution >= 0.6 is 0 Å². The SMILES string of the molecule is C=C/C=C(\C=C)CC1CCCC1.CC. The third-order valence-corrected chi connectivity index (χ3v) is 2.59. The Bertz CT molecular complexity index is 180. The summed E-state index contributed by atoms with van der Waals surface area (Å²) in [7, 11) is 0. The molecule has 1 aliphatic carbocycles. The van der Waals surface area contributed by atoms with Crippen LogP contribution in [0, 0.1) is 5.92 Å². The Morgan fingerprint density at radius 1 is 1.21 bits per heavy atom. The molecule has 0 bridgehead atoms. The zero-order valence-electron chi connectivity index (χ0n) is 9.76. The summed E-state index contributed by atoms with van der Waals surface area (Å²) < 4.78 is 0. The zero-order valence-corrected chi connectivity index (χ0v) is 9.76. The van der Waals surface area contributed by atoms with Gasteiger partial charge in [0.05, 0.1) is 0 Å². The van der Waals surface area contributed by atoms with Gasteiger partial charge in [0.25, 0.3) is 0 Å². The summed E-state index contributed by atoms with van der Waals surface area (Å²) in [6, 6.07) is 0. The molecule has 0 saturated heterocycles. The second-order valence-corrected chi connectivity index (χ2v) is 3.54. The summed E-state index contributed by atoms with van der Waals surface area (Å²) in [6.45, 7) is 11.5. The summed E-state index contributed by atoms with van der Waals surface area (Å²) >= 11 is 0. The minimum Gasteiger partial charge on any atom is -0.0991 e. The van der Waals surface area contributed by atoms with Crippen molar-refractivity contribution >= 4 is 0 Å². The molecule has 0 N–H and O–H groups in total. The van der Waals surface area contributed by atoms with Gasteiger partial charge < -0.3 is 0 Å². The van der Waals surface area contributed by atoms with Crippen LogP contribution in [0.2, 0.25) is 0 Å². The number of allylic oxidation sites excluding steroid dienone is 4. The maximum Gasteiger partial charge on any atom is -0.0251 e. The highest BCUT2D eigenvalue weighted by Gasteiger charge is 2.14. The van der Waals surface area contributed by atoms with E-state index in [1.807, 2.05) is 26.0 Å². The maximum absolute atomic E-state index is 3.81. The van der Waals surface area contributed by atoms with E-state index in [9.17, 15) is 0 Å². The lowest BCUT2D eigenvalue weighted by molar-refractivity contribution is 0.549. The normalized spacial score (nSPS) is 17.1. The van der Waals surface area contributed by atoms with Crippen molar-refractivity contribution in [1.82, 2.24) is 0 Å².